The number of nitrogens with one attached hydrogen (secondary N) is 2. The van der Waals surface area contributed by atoms with Crippen molar-refractivity contribution >= 4 is 49.0 Å². The summed E-state index contributed by atoms with van der Waals surface area (Å²) in [6.07, 6.45) is -0.550. The molecule has 250 valence electrons. The second-order valence-corrected chi connectivity index (χ2v) is 14.0. The SMILES string of the molecule is BC1(B)NC(=O)N(C(COC2CC2)c2cnn3cc(C(CCC(C)(C)C(F)(F)F)NC(=O)c4nonc4C)nc3c2)C(B)(B)C1(F)F. The molecular formula is C26H35B4F5N8O4. The van der Waals surface area contributed by atoms with Crippen molar-refractivity contribution in [3.63, 3.8) is 0 Å². The van der Waals surface area contributed by atoms with Crippen LogP contribution in [0.4, 0.5) is 26.7 Å². The lowest BCUT2D eigenvalue weighted by Gasteiger charge is -2.57. The van der Waals surface area contributed by atoms with Gasteiger partial charge in [-0.1, -0.05) is 19.0 Å². The van der Waals surface area contributed by atoms with Crippen LogP contribution in [0.2, 0.25) is 0 Å². The van der Waals surface area contributed by atoms with Crippen molar-refractivity contribution in [1.82, 2.24) is 40.4 Å². The molecule has 1 saturated heterocycles. The lowest BCUT2D eigenvalue weighted by molar-refractivity contribution is -0.214. The molecule has 1 aliphatic carbocycles. The van der Waals surface area contributed by atoms with Crippen LogP contribution in [0.5, 0.6) is 0 Å². The van der Waals surface area contributed by atoms with Crippen LogP contribution in [-0.2, 0) is 4.74 Å². The normalized spacial score (nSPS) is 20.5. The van der Waals surface area contributed by atoms with E-state index in [0.29, 0.717) is 5.56 Å². The summed E-state index contributed by atoms with van der Waals surface area (Å²) in [5, 5.41) is 12.9. The summed E-state index contributed by atoms with van der Waals surface area (Å²) in [7, 11) is 5.15. The van der Waals surface area contributed by atoms with E-state index in [1.54, 1.807) is 6.07 Å². The molecule has 2 aliphatic rings. The Hall–Kier alpha value is -3.63. The van der Waals surface area contributed by atoms with Gasteiger partial charge in [-0.25, -0.2) is 27.7 Å². The highest BCUT2D eigenvalue weighted by molar-refractivity contribution is 6.48. The van der Waals surface area contributed by atoms with E-state index in [1.165, 1.54) is 55.2 Å². The van der Waals surface area contributed by atoms with E-state index in [0.717, 1.165) is 31.6 Å². The number of amides is 3. The van der Waals surface area contributed by atoms with Crippen LogP contribution in [0.3, 0.4) is 0 Å². The number of hydrogen-bond donors (Lipinski definition) is 2. The van der Waals surface area contributed by atoms with Gasteiger partial charge in [0, 0.05) is 16.2 Å². The van der Waals surface area contributed by atoms with Crippen LogP contribution in [0, 0.1) is 12.3 Å². The predicted molar refractivity (Wildman–Crippen MR) is 168 cm³/mol. The Labute approximate surface area is 270 Å². The summed E-state index contributed by atoms with van der Waals surface area (Å²) in [4.78, 5) is 32.1. The van der Waals surface area contributed by atoms with E-state index in [2.05, 4.69) is 35.7 Å². The molecule has 0 bridgehead atoms. The predicted octanol–water partition coefficient (Wildman–Crippen LogP) is -0.0189. The molecule has 0 aromatic carbocycles. The second kappa shape index (κ2) is 11.8. The summed E-state index contributed by atoms with van der Waals surface area (Å²) >= 11 is 0. The molecule has 2 atom stereocenters. The number of aryl methyl sites for hydroxylation is 1. The lowest BCUT2D eigenvalue weighted by atomic mass is 9.43. The van der Waals surface area contributed by atoms with Gasteiger partial charge in [0.25, 0.3) is 11.8 Å². The van der Waals surface area contributed by atoms with Gasteiger partial charge in [-0.2, -0.15) is 18.3 Å². The first-order valence-corrected chi connectivity index (χ1v) is 15.3. The minimum Gasteiger partial charge on any atom is -0.376 e. The Kier molecular flexibility index (Phi) is 8.72. The quantitative estimate of drug-likeness (QED) is 0.216. The Balaban J connectivity index is 1.51. The van der Waals surface area contributed by atoms with Crippen LogP contribution < -0.4 is 10.6 Å². The molecule has 21 heteroatoms. The summed E-state index contributed by atoms with van der Waals surface area (Å²) in [5.74, 6) is -4.08. The molecule has 2 fully saturated rings. The minimum absolute atomic E-state index is 0.0472. The molecule has 4 heterocycles. The second-order valence-electron chi connectivity index (χ2n) is 14.0. The number of nitrogens with zero attached hydrogens (tertiary/aromatic N) is 6. The zero-order valence-electron chi connectivity index (χ0n) is 27.2. The highest BCUT2D eigenvalue weighted by Crippen LogP contribution is 2.44. The van der Waals surface area contributed by atoms with E-state index in [-0.39, 0.29) is 48.3 Å². The Bertz CT molecular complexity index is 1660. The highest BCUT2D eigenvalue weighted by Gasteiger charge is 2.65. The summed E-state index contributed by atoms with van der Waals surface area (Å²) in [5.41, 5.74) is -1.24. The van der Waals surface area contributed by atoms with Crippen molar-refractivity contribution in [2.24, 2.45) is 5.41 Å². The summed E-state index contributed by atoms with van der Waals surface area (Å²) in [6.45, 7) is 3.55. The molecule has 3 aromatic heterocycles. The van der Waals surface area contributed by atoms with Crippen molar-refractivity contribution in [3.05, 3.63) is 41.1 Å². The lowest BCUT2D eigenvalue weighted by Crippen LogP contribution is -2.83. The van der Waals surface area contributed by atoms with E-state index in [9.17, 15) is 22.8 Å². The zero-order chi connectivity index (χ0) is 34.7. The Morgan fingerprint density at radius 1 is 1.21 bits per heavy atom. The molecule has 1 aliphatic heterocycles. The van der Waals surface area contributed by atoms with Crippen LogP contribution in [0.1, 0.15) is 79.1 Å². The van der Waals surface area contributed by atoms with Crippen molar-refractivity contribution < 1.29 is 40.9 Å². The number of aromatic nitrogens is 5. The Morgan fingerprint density at radius 3 is 2.49 bits per heavy atom. The number of carbonyl (C=O) groups is 2. The largest absolute Gasteiger partial charge is 0.393 e. The fourth-order valence-electron chi connectivity index (χ4n) is 5.75. The zero-order valence-corrected chi connectivity index (χ0v) is 27.2. The maximum absolute atomic E-state index is 15.8. The molecule has 12 nitrogen and oxygen atoms in total. The summed E-state index contributed by atoms with van der Waals surface area (Å²) < 4.78 is 84.7. The van der Waals surface area contributed by atoms with Gasteiger partial charge in [-0.05, 0) is 43.8 Å². The monoisotopic (exact) mass is 662 g/mol. The van der Waals surface area contributed by atoms with Gasteiger partial charge >= 0.3 is 12.2 Å². The molecule has 2 unspecified atom stereocenters. The number of imidazole rings is 1. The van der Waals surface area contributed by atoms with Crippen LogP contribution in [0.25, 0.3) is 5.65 Å². The van der Waals surface area contributed by atoms with Gasteiger partial charge in [0.05, 0.1) is 48.3 Å². The van der Waals surface area contributed by atoms with Crippen LogP contribution in [-0.4, -0.2) is 109 Å². The number of urea groups is 1. The third kappa shape index (κ3) is 6.46. The fourth-order valence-corrected chi connectivity index (χ4v) is 5.75. The van der Waals surface area contributed by atoms with Gasteiger partial charge in [0.1, 0.15) is 37.1 Å². The summed E-state index contributed by atoms with van der Waals surface area (Å²) in [6, 6.07) is -1.14. The molecule has 1 saturated carbocycles. The number of ether oxygens (including phenoxy) is 1. The third-order valence-corrected chi connectivity index (χ3v) is 9.22. The first kappa shape index (κ1) is 34.7. The number of rotatable bonds is 11. The van der Waals surface area contributed by atoms with Crippen LogP contribution >= 0.6 is 0 Å². The molecule has 5 rings (SSSR count). The molecule has 3 amide bonds. The first-order valence-electron chi connectivity index (χ1n) is 15.3. The average Bonchev–Trinajstić information content (AvgIpc) is 3.52. The number of halogens is 5. The molecular weight excluding hydrogens is 627 g/mol. The molecule has 3 aromatic rings. The standard InChI is InChI=1S/C26H35B4F5N8O4/c1-12-19(41-47-40-12)20(44)38-15(6-7-22(2,3)26(33,34)35)16-10-42-18(37-16)8-13(9-36-42)17(11-46-14-4-5-14)43-21(45)39-24(27,28)23(31,32)25(43,29)30/h8-10,14-15,17H,4-7,11,27-30H2,1-3H3,(H,38,44)(H,39,45). The maximum Gasteiger partial charge on any atom is 0.393 e. The fraction of sp³-hybridized carbons (Fsp3) is 0.615. The van der Waals surface area contributed by atoms with E-state index >= 15 is 8.78 Å². The first-order chi connectivity index (χ1) is 21.7. The van der Waals surface area contributed by atoms with Gasteiger partial charge in [-0.15, -0.1) is 0 Å². The number of fused-ring (bicyclic) bond motifs is 1. The third-order valence-electron chi connectivity index (χ3n) is 9.22. The highest BCUT2D eigenvalue weighted by atomic mass is 19.4. The smallest absolute Gasteiger partial charge is 0.376 e. The maximum atomic E-state index is 15.8. The molecule has 2 N–H and O–H groups in total. The van der Waals surface area contributed by atoms with Gasteiger partial charge in [-0.3, -0.25) is 4.79 Å². The van der Waals surface area contributed by atoms with Crippen molar-refractivity contribution in [1.29, 1.82) is 0 Å². The number of carbonyl (C=O) groups excluding carboxylic acids is 2. The molecule has 47 heavy (non-hydrogen) atoms. The molecule has 0 spiro atoms. The van der Waals surface area contributed by atoms with Crippen LogP contribution in [0.15, 0.2) is 23.1 Å². The van der Waals surface area contributed by atoms with Gasteiger partial charge in [0.2, 0.25) is 0 Å². The Morgan fingerprint density at radius 2 is 1.89 bits per heavy atom. The molecule has 0 radical (unpaired) electrons. The average molecular weight is 662 g/mol. The van der Waals surface area contributed by atoms with Crippen molar-refractivity contribution in [2.45, 2.75) is 87.4 Å². The number of hydrogen-bond acceptors (Lipinski definition) is 8. The van der Waals surface area contributed by atoms with E-state index < -0.39 is 52.2 Å². The van der Waals surface area contributed by atoms with E-state index in [4.69, 9.17) is 4.74 Å². The minimum atomic E-state index is -4.50. The van der Waals surface area contributed by atoms with Crippen molar-refractivity contribution in [3.8, 4) is 0 Å². The van der Waals surface area contributed by atoms with Gasteiger partial charge in [0.15, 0.2) is 11.3 Å². The topological polar surface area (TPSA) is 140 Å². The van der Waals surface area contributed by atoms with E-state index in [1.807, 2.05) is 0 Å². The number of alkyl halides is 5. The van der Waals surface area contributed by atoms with Gasteiger partial charge < -0.3 is 20.3 Å². The van der Waals surface area contributed by atoms with Crippen molar-refractivity contribution in [2.75, 3.05) is 6.61 Å².